The molecule has 0 aliphatic rings. The third-order valence-electron chi connectivity index (χ3n) is 5.60. The molecule has 0 fully saturated rings. The van der Waals surface area contributed by atoms with Crippen molar-refractivity contribution < 1.29 is 19.1 Å². The smallest absolute Gasteiger partial charge is 0.306 e. The van der Waals surface area contributed by atoms with Crippen LogP contribution >= 0.6 is 0 Å². The molecule has 0 bridgehead atoms. The van der Waals surface area contributed by atoms with Gasteiger partial charge in [0.2, 0.25) is 0 Å². The zero-order valence-corrected chi connectivity index (χ0v) is 20.6. The molecular weight excluding hydrogens is 388 g/mol. The first-order chi connectivity index (χ1) is 15.2. The second kappa shape index (κ2) is 24.9. The average molecular weight is 439 g/mol. The Labute approximate surface area is 192 Å². The van der Waals surface area contributed by atoms with Crippen LogP contribution in [0.3, 0.4) is 0 Å². The fourth-order valence-corrected chi connectivity index (χ4v) is 3.58. The van der Waals surface area contributed by atoms with Gasteiger partial charge in [0.05, 0.1) is 6.61 Å². The second-order valence-electron chi connectivity index (χ2n) is 8.63. The zero-order valence-electron chi connectivity index (χ0n) is 20.6. The minimum Gasteiger partial charge on any atom is -0.466 e. The molecule has 0 spiro atoms. The topological polar surface area (TPSA) is 52.6 Å². The lowest BCUT2D eigenvalue weighted by atomic mass is 10.1. The van der Waals surface area contributed by atoms with Crippen LogP contribution in [0.5, 0.6) is 0 Å². The summed E-state index contributed by atoms with van der Waals surface area (Å²) in [4.78, 5) is 23.2. The number of carbonyl (C=O) groups excluding carboxylic acids is 2. The molecule has 0 atom stereocenters. The van der Waals surface area contributed by atoms with Crippen LogP contribution in [0.2, 0.25) is 0 Å². The largest absolute Gasteiger partial charge is 0.466 e. The summed E-state index contributed by atoms with van der Waals surface area (Å²) in [7, 11) is 0. The van der Waals surface area contributed by atoms with Crippen LogP contribution in [-0.4, -0.2) is 25.2 Å². The Morgan fingerprint density at radius 3 is 1.48 bits per heavy atom. The van der Waals surface area contributed by atoms with Crippen LogP contribution in [0.15, 0.2) is 12.2 Å². The molecule has 0 aliphatic carbocycles. The van der Waals surface area contributed by atoms with E-state index in [1.807, 2.05) is 19.1 Å². The number of hydrogen-bond donors (Lipinski definition) is 0. The van der Waals surface area contributed by atoms with E-state index in [2.05, 4.69) is 6.92 Å². The SMILES string of the molecule is C/C=C/COC(=O)CCCCCCCCC(=O)OCCCCCCCCCCCCC. The van der Waals surface area contributed by atoms with E-state index in [1.54, 1.807) is 0 Å². The number of unbranched alkanes of at least 4 members (excludes halogenated alkanes) is 15. The van der Waals surface area contributed by atoms with Gasteiger partial charge in [0.1, 0.15) is 6.61 Å². The molecule has 182 valence electrons. The van der Waals surface area contributed by atoms with Gasteiger partial charge in [-0.3, -0.25) is 9.59 Å². The summed E-state index contributed by atoms with van der Waals surface area (Å²) >= 11 is 0. The van der Waals surface area contributed by atoms with Crippen molar-refractivity contribution in [3.63, 3.8) is 0 Å². The molecule has 0 heterocycles. The Hall–Kier alpha value is -1.32. The molecule has 4 nitrogen and oxygen atoms in total. The normalized spacial score (nSPS) is 11.2. The van der Waals surface area contributed by atoms with Gasteiger partial charge in [0.15, 0.2) is 0 Å². The summed E-state index contributed by atoms with van der Waals surface area (Å²) in [6.07, 6.45) is 25.2. The van der Waals surface area contributed by atoms with E-state index in [0.29, 0.717) is 26.1 Å². The molecule has 0 aromatic carbocycles. The van der Waals surface area contributed by atoms with Crippen LogP contribution in [-0.2, 0) is 19.1 Å². The summed E-state index contributed by atoms with van der Waals surface area (Å²) in [6.45, 7) is 5.13. The minimum absolute atomic E-state index is 0.0454. The predicted molar refractivity (Wildman–Crippen MR) is 130 cm³/mol. The van der Waals surface area contributed by atoms with Gasteiger partial charge in [-0.25, -0.2) is 0 Å². The van der Waals surface area contributed by atoms with Crippen LogP contribution in [0, 0.1) is 0 Å². The molecule has 0 saturated heterocycles. The first kappa shape index (κ1) is 29.7. The number of ether oxygens (including phenoxy) is 2. The summed E-state index contributed by atoms with van der Waals surface area (Å²) < 4.78 is 10.4. The van der Waals surface area contributed by atoms with Crippen molar-refractivity contribution in [3.8, 4) is 0 Å². The molecule has 31 heavy (non-hydrogen) atoms. The lowest BCUT2D eigenvalue weighted by molar-refractivity contribution is -0.144. The third-order valence-corrected chi connectivity index (χ3v) is 5.60. The highest BCUT2D eigenvalue weighted by Gasteiger charge is 2.04. The Morgan fingerprint density at radius 1 is 0.581 bits per heavy atom. The maximum Gasteiger partial charge on any atom is 0.306 e. The van der Waals surface area contributed by atoms with Gasteiger partial charge in [-0.2, -0.15) is 0 Å². The standard InChI is InChI=1S/C27H50O4/c1-3-5-7-8-9-10-11-12-15-18-21-25-31-27(29)23-20-17-14-13-16-19-22-26(28)30-24-6-4-2/h4,6H,3,5,7-25H2,1-2H3/b6-4+. The second-order valence-corrected chi connectivity index (χ2v) is 8.63. The molecule has 0 unspecified atom stereocenters. The molecule has 0 N–H and O–H groups in total. The van der Waals surface area contributed by atoms with Gasteiger partial charge in [0.25, 0.3) is 0 Å². The van der Waals surface area contributed by atoms with E-state index in [0.717, 1.165) is 44.9 Å². The molecule has 0 aliphatic heterocycles. The number of esters is 2. The van der Waals surface area contributed by atoms with Crippen molar-refractivity contribution in [2.24, 2.45) is 0 Å². The number of allylic oxidation sites excluding steroid dienone is 1. The molecule has 0 radical (unpaired) electrons. The zero-order chi connectivity index (χ0) is 22.8. The van der Waals surface area contributed by atoms with Crippen molar-refractivity contribution in [1.29, 1.82) is 0 Å². The van der Waals surface area contributed by atoms with Crippen molar-refractivity contribution in [3.05, 3.63) is 12.2 Å². The van der Waals surface area contributed by atoms with Gasteiger partial charge in [-0.05, 0) is 26.2 Å². The van der Waals surface area contributed by atoms with Crippen LogP contribution < -0.4 is 0 Å². The maximum atomic E-state index is 11.8. The van der Waals surface area contributed by atoms with E-state index >= 15 is 0 Å². The number of carbonyl (C=O) groups is 2. The fourth-order valence-electron chi connectivity index (χ4n) is 3.58. The summed E-state index contributed by atoms with van der Waals surface area (Å²) in [5.41, 5.74) is 0. The molecule has 0 aromatic heterocycles. The lowest BCUT2D eigenvalue weighted by Crippen LogP contribution is -2.05. The van der Waals surface area contributed by atoms with Crippen molar-refractivity contribution in [2.75, 3.05) is 13.2 Å². The lowest BCUT2D eigenvalue weighted by Gasteiger charge is -2.06. The molecule has 4 heteroatoms. The van der Waals surface area contributed by atoms with Crippen LogP contribution in [0.4, 0.5) is 0 Å². The van der Waals surface area contributed by atoms with Crippen molar-refractivity contribution in [2.45, 2.75) is 136 Å². The van der Waals surface area contributed by atoms with E-state index in [4.69, 9.17) is 9.47 Å². The summed E-state index contributed by atoms with van der Waals surface area (Å²) in [5, 5.41) is 0. The van der Waals surface area contributed by atoms with Gasteiger partial charge >= 0.3 is 11.9 Å². The molecule has 0 aromatic rings. The average Bonchev–Trinajstić information content (AvgIpc) is 2.76. The highest BCUT2D eigenvalue weighted by atomic mass is 16.5. The van der Waals surface area contributed by atoms with E-state index in [9.17, 15) is 9.59 Å². The van der Waals surface area contributed by atoms with E-state index < -0.39 is 0 Å². The minimum atomic E-state index is -0.112. The maximum absolute atomic E-state index is 11.8. The number of rotatable bonds is 23. The van der Waals surface area contributed by atoms with Crippen molar-refractivity contribution in [1.82, 2.24) is 0 Å². The van der Waals surface area contributed by atoms with Gasteiger partial charge in [-0.15, -0.1) is 0 Å². The van der Waals surface area contributed by atoms with E-state index in [-0.39, 0.29) is 11.9 Å². The van der Waals surface area contributed by atoms with Gasteiger partial charge in [0, 0.05) is 12.8 Å². The highest BCUT2D eigenvalue weighted by Crippen LogP contribution is 2.12. The van der Waals surface area contributed by atoms with Gasteiger partial charge in [-0.1, -0.05) is 109 Å². The summed E-state index contributed by atoms with van der Waals surface area (Å²) in [5.74, 6) is -0.158. The first-order valence-electron chi connectivity index (χ1n) is 13.1. The first-order valence-corrected chi connectivity index (χ1v) is 13.1. The Kier molecular flexibility index (Phi) is 23.9. The Balaban J connectivity index is 3.24. The monoisotopic (exact) mass is 438 g/mol. The highest BCUT2D eigenvalue weighted by molar-refractivity contribution is 5.69. The Bertz CT molecular complexity index is 431. The van der Waals surface area contributed by atoms with E-state index in [1.165, 1.54) is 64.2 Å². The molecule has 0 rings (SSSR count). The molecular formula is C27H50O4. The molecule has 0 amide bonds. The van der Waals surface area contributed by atoms with Crippen molar-refractivity contribution >= 4 is 11.9 Å². The van der Waals surface area contributed by atoms with Gasteiger partial charge < -0.3 is 9.47 Å². The predicted octanol–water partition coefficient (Wildman–Crippen LogP) is 8.08. The quantitative estimate of drug-likeness (QED) is 0.0919. The summed E-state index contributed by atoms with van der Waals surface area (Å²) in [6, 6.07) is 0. The number of hydrogen-bond acceptors (Lipinski definition) is 4. The van der Waals surface area contributed by atoms with Crippen LogP contribution in [0.25, 0.3) is 0 Å². The molecule has 0 saturated carbocycles. The van der Waals surface area contributed by atoms with Crippen LogP contribution in [0.1, 0.15) is 136 Å². The fraction of sp³-hybridized carbons (Fsp3) is 0.852. The third kappa shape index (κ3) is 24.8. The Morgan fingerprint density at radius 2 is 1.00 bits per heavy atom.